The molecule has 0 radical (unpaired) electrons. The lowest BCUT2D eigenvalue weighted by molar-refractivity contribution is -0.123. The summed E-state index contributed by atoms with van der Waals surface area (Å²) in [6.45, 7) is 0. The second-order valence-corrected chi connectivity index (χ2v) is 5.53. The summed E-state index contributed by atoms with van der Waals surface area (Å²) in [5.74, 6) is 1.01. The molecule has 2 aliphatic rings. The van der Waals surface area contributed by atoms with E-state index in [4.69, 9.17) is 4.74 Å². The van der Waals surface area contributed by atoms with E-state index in [9.17, 15) is 4.79 Å². The maximum Gasteiger partial charge on any atom is 0.220 e. The van der Waals surface area contributed by atoms with Crippen LogP contribution in [0.2, 0.25) is 0 Å². The number of rotatable bonds is 5. The van der Waals surface area contributed by atoms with Crippen LogP contribution in [0.15, 0.2) is 0 Å². The summed E-state index contributed by atoms with van der Waals surface area (Å²) in [5, 5.41) is 3.11. The summed E-state index contributed by atoms with van der Waals surface area (Å²) in [6.07, 6.45) is 6.45. The summed E-state index contributed by atoms with van der Waals surface area (Å²) >= 11 is 4.32. The van der Waals surface area contributed by atoms with Gasteiger partial charge >= 0.3 is 0 Å². The van der Waals surface area contributed by atoms with Gasteiger partial charge in [0.05, 0.1) is 12.1 Å². The molecule has 2 atom stereocenters. The third-order valence-electron chi connectivity index (χ3n) is 3.93. The predicted octanol–water partition coefficient (Wildman–Crippen LogP) is 1.77. The van der Waals surface area contributed by atoms with Crippen LogP contribution in [0.3, 0.4) is 0 Å². The first kappa shape index (κ1) is 12.2. The third-order valence-corrected chi connectivity index (χ3v) is 4.60. The first-order valence-electron chi connectivity index (χ1n) is 6.12. The highest BCUT2D eigenvalue weighted by atomic mass is 32.1. The summed E-state index contributed by atoms with van der Waals surface area (Å²) < 4.78 is 5.37. The van der Waals surface area contributed by atoms with Gasteiger partial charge in [0.2, 0.25) is 5.91 Å². The van der Waals surface area contributed by atoms with E-state index in [2.05, 4.69) is 17.9 Å². The SMILES string of the molecule is COC1CCCC1NC(=O)CC1(CS)CC1. The van der Waals surface area contributed by atoms with Crippen LogP contribution in [0, 0.1) is 5.41 Å². The summed E-state index contributed by atoms with van der Waals surface area (Å²) in [6, 6.07) is 0.230. The van der Waals surface area contributed by atoms with E-state index < -0.39 is 0 Å². The van der Waals surface area contributed by atoms with Crippen LogP contribution in [0.1, 0.15) is 38.5 Å². The molecule has 0 aromatic heterocycles. The van der Waals surface area contributed by atoms with E-state index in [1.54, 1.807) is 7.11 Å². The molecule has 2 unspecified atom stereocenters. The Morgan fingerprint density at radius 1 is 1.50 bits per heavy atom. The van der Waals surface area contributed by atoms with Gasteiger partial charge in [-0.3, -0.25) is 4.79 Å². The number of carbonyl (C=O) groups is 1. The van der Waals surface area contributed by atoms with Crippen LogP contribution in [-0.2, 0) is 9.53 Å². The number of ether oxygens (including phenoxy) is 1. The summed E-state index contributed by atoms with van der Waals surface area (Å²) in [5.41, 5.74) is 0.217. The van der Waals surface area contributed by atoms with Gasteiger partial charge < -0.3 is 10.1 Å². The largest absolute Gasteiger partial charge is 0.379 e. The van der Waals surface area contributed by atoms with Crippen LogP contribution >= 0.6 is 12.6 Å². The molecule has 2 rings (SSSR count). The van der Waals surface area contributed by atoms with Crippen LogP contribution in [0.4, 0.5) is 0 Å². The molecule has 2 fully saturated rings. The highest BCUT2D eigenvalue weighted by molar-refractivity contribution is 7.80. The highest BCUT2D eigenvalue weighted by Gasteiger charge is 2.43. The first-order chi connectivity index (χ1) is 7.69. The van der Waals surface area contributed by atoms with Crippen molar-refractivity contribution < 1.29 is 9.53 Å². The monoisotopic (exact) mass is 243 g/mol. The molecule has 0 aliphatic heterocycles. The molecule has 1 amide bonds. The Balaban J connectivity index is 1.78. The van der Waals surface area contributed by atoms with Gasteiger partial charge in [-0.15, -0.1) is 0 Å². The van der Waals surface area contributed by atoms with Gasteiger partial charge in [-0.25, -0.2) is 0 Å². The number of methoxy groups -OCH3 is 1. The fourth-order valence-corrected chi connectivity index (χ4v) is 2.97. The molecule has 0 aromatic carbocycles. The van der Waals surface area contributed by atoms with Crippen molar-refractivity contribution in [1.29, 1.82) is 0 Å². The predicted molar refractivity (Wildman–Crippen MR) is 66.7 cm³/mol. The minimum Gasteiger partial charge on any atom is -0.379 e. The molecule has 0 spiro atoms. The minimum atomic E-state index is 0.181. The lowest BCUT2D eigenvalue weighted by Crippen LogP contribution is -2.41. The summed E-state index contributed by atoms with van der Waals surface area (Å²) in [4.78, 5) is 11.9. The number of hydrogen-bond donors (Lipinski definition) is 2. The van der Waals surface area contributed by atoms with Crippen molar-refractivity contribution in [3.63, 3.8) is 0 Å². The normalized spacial score (nSPS) is 31.4. The molecule has 3 nitrogen and oxygen atoms in total. The van der Waals surface area contributed by atoms with E-state index in [-0.39, 0.29) is 23.5 Å². The van der Waals surface area contributed by atoms with Crippen molar-refractivity contribution in [3.05, 3.63) is 0 Å². The van der Waals surface area contributed by atoms with E-state index >= 15 is 0 Å². The molecule has 0 saturated heterocycles. The van der Waals surface area contributed by atoms with E-state index in [0.29, 0.717) is 6.42 Å². The van der Waals surface area contributed by atoms with Gasteiger partial charge in [-0.05, 0) is 43.3 Å². The van der Waals surface area contributed by atoms with Gasteiger partial charge in [0.15, 0.2) is 0 Å². The van der Waals surface area contributed by atoms with Crippen LogP contribution in [-0.4, -0.2) is 30.9 Å². The van der Waals surface area contributed by atoms with Gasteiger partial charge in [-0.1, -0.05) is 0 Å². The van der Waals surface area contributed by atoms with Crippen LogP contribution < -0.4 is 5.32 Å². The number of amides is 1. The topological polar surface area (TPSA) is 38.3 Å². The Morgan fingerprint density at radius 2 is 2.25 bits per heavy atom. The Morgan fingerprint density at radius 3 is 2.81 bits per heavy atom. The Kier molecular flexibility index (Phi) is 3.80. The molecule has 0 aromatic rings. The van der Waals surface area contributed by atoms with Gasteiger partial charge in [0, 0.05) is 13.5 Å². The quantitative estimate of drug-likeness (QED) is 0.722. The van der Waals surface area contributed by atoms with Gasteiger partial charge in [0.1, 0.15) is 0 Å². The molecule has 2 saturated carbocycles. The number of thiol groups is 1. The number of carbonyl (C=O) groups excluding carboxylic acids is 1. The van der Waals surface area contributed by atoms with Gasteiger partial charge in [-0.2, -0.15) is 12.6 Å². The van der Waals surface area contributed by atoms with E-state index in [0.717, 1.165) is 37.9 Å². The minimum absolute atomic E-state index is 0.181. The fourth-order valence-electron chi connectivity index (χ4n) is 2.54. The van der Waals surface area contributed by atoms with Crippen molar-refractivity contribution in [3.8, 4) is 0 Å². The number of nitrogens with one attached hydrogen (secondary N) is 1. The van der Waals surface area contributed by atoms with Crippen molar-refractivity contribution in [2.24, 2.45) is 5.41 Å². The van der Waals surface area contributed by atoms with Gasteiger partial charge in [0.25, 0.3) is 0 Å². The van der Waals surface area contributed by atoms with Crippen molar-refractivity contribution >= 4 is 18.5 Å². The Labute approximate surface area is 103 Å². The molecular weight excluding hydrogens is 222 g/mol. The van der Waals surface area contributed by atoms with Crippen molar-refractivity contribution in [2.75, 3.05) is 12.9 Å². The van der Waals surface area contributed by atoms with Crippen LogP contribution in [0.5, 0.6) is 0 Å². The lowest BCUT2D eigenvalue weighted by Gasteiger charge is -2.21. The number of hydrogen-bond acceptors (Lipinski definition) is 3. The maximum atomic E-state index is 11.9. The standard InChI is InChI=1S/C12H21NO2S/c1-15-10-4-2-3-9(10)13-11(14)7-12(8-16)5-6-12/h9-10,16H,2-8H2,1H3,(H,13,14). The zero-order valence-corrected chi connectivity index (χ0v) is 10.8. The summed E-state index contributed by atoms with van der Waals surface area (Å²) in [7, 11) is 1.73. The van der Waals surface area contributed by atoms with E-state index in [1.165, 1.54) is 0 Å². The lowest BCUT2D eigenvalue weighted by atomic mass is 10.0. The molecule has 92 valence electrons. The zero-order valence-electron chi connectivity index (χ0n) is 9.87. The van der Waals surface area contributed by atoms with E-state index in [1.807, 2.05) is 0 Å². The van der Waals surface area contributed by atoms with Crippen molar-refractivity contribution in [1.82, 2.24) is 5.32 Å². The maximum absolute atomic E-state index is 11.9. The molecule has 4 heteroatoms. The molecule has 1 N–H and O–H groups in total. The second-order valence-electron chi connectivity index (χ2n) is 5.21. The molecule has 0 heterocycles. The smallest absolute Gasteiger partial charge is 0.220 e. The zero-order chi connectivity index (χ0) is 11.6. The molecule has 0 bridgehead atoms. The van der Waals surface area contributed by atoms with Crippen LogP contribution in [0.25, 0.3) is 0 Å². The average molecular weight is 243 g/mol. The Bertz CT molecular complexity index is 266. The first-order valence-corrected chi connectivity index (χ1v) is 6.75. The second kappa shape index (κ2) is 4.96. The third kappa shape index (κ3) is 2.72. The molecule has 2 aliphatic carbocycles. The Hall–Kier alpha value is -0.220. The molecule has 16 heavy (non-hydrogen) atoms. The molecular formula is C12H21NO2S. The highest BCUT2D eigenvalue weighted by Crippen LogP contribution is 2.49. The fraction of sp³-hybridized carbons (Fsp3) is 0.917. The van der Waals surface area contributed by atoms with Crippen molar-refractivity contribution in [2.45, 2.75) is 50.7 Å². The average Bonchev–Trinajstić information content (AvgIpc) is 2.89.